The van der Waals surface area contributed by atoms with Crippen LogP contribution in [0.2, 0.25) is 0 Å². The predicted octanol–water partition coefficient (Wildman–Crippen LogP) is 4.88. The lowest BCUT2D eigenvalue weighted by atomic mass is 9.91. The van der Waals surface area contributed by atoms with Crippen molar-refractivity contribution in [3.63, 3.8) is 0 Å². The Bertz CT molecular complexity index is 1130. The minimum atomic E-state index is -4.59. The van der Waals surface area contributed by atoms with Crippen molar-refractivity contribution in [1.82, 2.24) is 15.1 Å². The van der Waals surface area contributed by atoms with Crippen molar-refractivity contribution in [2.75, 3.05) is 11.9 Å². The summed E-state index contributed by atoms with van der Waals surface area (Å²) in [5.41, 5.74) is 0.0443. The highest BCUT2D eigenvalue weighted by atomic mass is 19.4. The molecule has 36 heavy (non-hydrogen) atoms. The smallest absolute Gasteiger partial charge is 0.416 e. The quantitative estimate of drug-likeness (QED) is 0.543. The number of aliphatic hydroxyl groups is 1. The number of aromatic nitrogens is 2. The molecule has 1 aromatic carbocycles. The van der Waals surface area contributed by atoms with Crippen molar-refractivity contribution >= 4 is 11.9 Å². The lowest BCUT2D eigenvalue weighted by Gasteiger charge is -2.34. The van der Waals surface area contributed by atoms with E-state index in [-0.39, 0.29) is 23.8 Å². The fourth-order valence-corrected chi connectivity index (χ4v) is 4.64. The molecule has 1 aliphatic heterocycles. The molecule has 0 unspecified atom stereocenters. The number of fused-ring (bicyclic) bond motifs is 1. The van der Waals surface area contributed by atoms with Gasteiger partial charge in [-0.15, -0.1) is 10.2 Å². The molecule has 1 aliphatic carbocycles. The normalized spacial score (nSPS) is 20.6. The van der Waals surface area contributed by atoms with Gasteiger partial charge in [0.2, 0.25) is 0 Å². The molecule has 0 saturated heterocycles. The summed E-state index contributed by atoms with van der Waals surface area (Å²) in [6.45, 7) is 5.76. The van der Waals surface area contributed by atoms with Gasteiger partial charge in [-0.2, -0.15) is 13.2 Å². The van der Waals surface area contributed by atoms with Gasteiger partial charge >= 0.3 is 12.3 Å². The third kappa shape index (κ3) is 5.66. The Hall–Kier alpha value is -3.08. The molecule has 2 heterocycles. The van der Waals surface area contributed by atoms with Crippen LogP contribution in [0.15, 0.2) is 18.2 Å². The predicted molar refractivity (Wildman–Crippen MR) is 126 cm³/mol. The van der Waals surface area contributed by atoms with Gasteiger partial charge in [0.25, 0.3) is 0 Å². The molecule has 4 rings (SSSR count). The first-order chi connectivity index (χ1) is 16.8. The third-order valence-corrected chi connectivity index (χ3v) is 6.45. The summed E-state index contributed by atoms with van der Waals surface area (Å²) in [7, 11) is 0. The van der Waals surface area contributed by atoms with Gasteiger partial charge in [0, 0.05) is 17.7 Å². The minimum Gasteiger partial charge on any atom is -0.507 e. The molecule has 11 heteroatoms. The van der Waals surface area contributed by atoms with E-state index in [1.54, 1.807) is 20.8 Å². The van der Waals surface area contributed by atoms with Crippen LogP contribution in [0, 0.1) is 0 Å². The number of halogens is 3. The number of aliphatic hydroxyl groups excluding tert-OH is 1. The van der Waals surface area contributed by atoms with Crippen LogP contribution in [0.4, 0.5) is 23.8 Å². The van der Waals surface area contributed by atoms with Crippen molar-refractivity contribution in [2.24, 2.45) is 0 Å². The van der Waals surface area contributed by atoms with Crippen LogP contribution >= 0.6 is 0 Å². The fourth-order valence-electron chi connectivity index (χ4n) is 4.64. The molecular weight excluding hydrogens is 477 g/mol. The molecule has 196 valence electrons. The number of nitrogens with zero attached hydrogens (tertiary/aromatic N) is 3. The molecule has 1 amide bonds. The molecule has 2 aromatic rings. The lowest BCUT2D eigenvalue weighted by Crippen LogP contribution is -2.41. The number of alkyl halides is 3. The number of benzene rings is 1. The van der Waals surface area contributed by atoms with Gasteiger partial charge in [0.15, 0.2) is 5.82 Å². The van der Waals surface area contributed by atoms with E-state index < -0.39 is 35.3 Å². The first kappa shape index (κ1) is 26.0. The summed E-state index contributed by atoms with van der Waals surface area (Å²) in [4.78, 5) is 14.3. The number of ether oxygens (including phenoxy) is 1. The molecule has 2 aliphatic rings. The number of carbonyl (C=O) groups is 1. The zero-order chi connectivity index (χ0) is 26.3. The van der Waals surface area contributed by atoms with Gasteiger partial charge < -0.3 is 25.2 Å². The highest BCUT2D eigenvalue weighted by Crippen LogP contribution is 2.39. The van der Waals surface area contributed by atoms with E-state index in [0.717, 1.165) is 25.3 Å². The number of amides is 1. The van der Waals surface area contributed by atoms with E-state index in [1.807, 2.05) is 0 Å². The van der Waals surface area contributed by atoms with E-state index in [0.29, 0.717) is 42.4 Å². The summed E-state index contributed by atoms with van der Waals surface area (Å²) in [5, 5.41) is 32.7. The molecule has 1 fully saturated rings. The number of hydrogen-bond acceptors (Lipinski definition) is 7. The molecule has 3 N–H and O–H groups in total. The first-order valence-electron chi connectivity index (χ1n) is 12.0. The number of phenols is 1. The third-order valence-electron chi connectivity index (χ3n) is 6.45. The molecule has 1 saturated carbocycles. The van der Waals surface area contributed by atoms with Crippen molar-refractivity contribution in [2.45, 2.75) is 83.3 Å². The zero-order valence-corrected chi connectivity index (χ0v) is 20.5. The summed E-state index contributed by atoms with van der Waals surface area (Å²) in [6.07, 6.45) is -2.02. The minimum absolute atomic E-state index is 0.127. The van der Waals surface area contributed by atoms with Gasteiger partial charge in [-0.1, -0.05) is 12.8 Å². The zero-order valence-electron chi connectivity index (χ0n) is 20.5. The number of hydrogen-bond donors (Lipinski definition) is 3. The van der Waals surface area contributed by atoms with Crippen LogP contribution in [-0.4, -0.2) is 55.7 Å². The van der Waals surface area contributed by atoms with E-state index in [4.69, 9.17) is 4.74 Å². The van der Waals surface area contributed by atoms with Crippen LogP contribution in [0.3, 0.4) is 0 Å². The lowest BCUT2D eigenvalue weighted by molar-refractivity contribution is -0.137. The Morgan fingerprint density at radius 2 is 1.86 bits per heavy atom. The molecule has 0 radical (unpaired) electrons. The number of carbonyl (C=O) groups excluding carboxylic acids is 1. The van der Waals surface area contributed by atoms with E-state index in [9.17, 15) is 28.2 Å². The van der Waals surface area contributed by atoms with Gasteiger partial charge in [-0.05, 0) is 63.8 Å². The highest BCUT2D eigenvalue weighted by molar-refractivity contribution is 5.75. The number of anilines is 1. The number of aromatic hydroxyl groups is 1. The molecule has 2 atom stereocenters. The van der Waals surface area contributed by atoms with Crippen LogP contribution in [0.1, 0.15) is 63.1 Å². The van der Waals surface area contributed by atoms with Gasteiger partial charge in [-0.3, -0.25) is 0 Å². The maximum atomic E-state index is 13.1. The van der Waals surface area contributed by atoms with Crippen molar-refractivity contribution < 1.29 is 32.9 Å². The second-order valence-corrected chi connectivity index (χ2v) is 10.3. The SMILES string of the molecule is CC(C)(C)OC(=O)N1CCc2c(-c3ccc(C(F)(F)F)cc3O)nnc(N[C@@H]3CCCC[C@H]3O)c2C1. The maximum absolute atomic E-state index is 13.1. The molecule has 0 spiro atoms. The van der Waals surface area contributed by atoms with Crippen molar-refractivity contribution in [3.8, 4) is 17.0 Å². The maximum Gasteiger partial charge on any atom is 0.416 e. The highest BCUT2D eigenvalue weighted by Gasteiger charge is 2.34. The number of rotatable bonds is 3. The molecule has 1 aromatic heterocycles. The van der Waals surface area contributed by atoms with Crippen LogP contribution in [0.25, 0.3) is 11.3 Å². The fraction of sp³-hybridized carbons (Fsp3) is 0.560. The summed E-state index contributed by atoms with van der Waals surface area (Å²) >= 11 is 0. The first-order valence-corrected chi connectivity index (χ1v) is 12.0. The monoisotopic (exact) mass is 508 g/mol. The largest absolute Gasteiger partial charge is 0.507 e. The van der Waals surface area contributed by atoms with Crippen LogP contribution in [0.5, 0.6) is 5.75 Å². The van der Waals surface area contributed by atoms with Gasteiger partial charge in [0.05, 0.1) is 24.3 Å². The van der Waals surface area contributed by atoms with Crippen LogP contribution in [-0.2, 0) is 23.9 Å². The molecule has 0 bridgehead atoms. The number of nitrogens with one attached hydrogen (secondary N) is 1. The average molecular weight is 509 g/mol. The van der Waals surface area contributed by atoms with E-state index in [1.165, 1.54) is 11.0 Å². The van der Waals surface area contributed by atoms with Gasteiger partial charge in [-0.25, -0.2) is 4.79 Å². The number of phenolic OH excluding ortho intramolecular Hbond substituents is 1. The van der Waals surface area contributed by atoms with Crippen molar-refractivity contribution in [1.29, 1.82) is 0 Å². The average Bonchev–Trinajstić information content (AvgIpc) is 2.79. The second kappa shape index (κ2) is 9.76. The standard InChI is InChI=1S/C25H31F3N4O4/c1-24(2,3)36-23(35)32-11-10-15-17(13-32)22(29-18-6-4-5-7-19(18)33)31-30-21(15)16-9-8-14(12-20(16)34)25(26,27)28/h8-9,12,18-19,33-34H,4-7,10-11,13H2,1-3H3,(H,29,31)/t18-,19-/m1/s1. The molecule has 8 nitrogen and oxygen atoms in total. The van der Waals surface area contributed by atoms with E-state index in [2.05, 4.69) is 15.5 Å². The topological polar surface area (TPSA) is 108 Å². The Kier molecular flexibility index (Phi) is 7.05. The summed E-state index contributed by atoms with van der Waals surface area (Å²) < 4.78 is 44.8. The summed E-state index contributed by atoms with van der Waals surface area (Å²) in [6, 6.07) is 2.51. The summed E-state index contributed by atoms with van der Waals surface area (Å²) in [5.74, 6) is -0.154. The Morgan fingerprint density at radius 3 is 2.50 bits per heavy atom. The van der Waals surface area contributed by atoms with Crippen LogP contribution < -0.4 is 5.32 Å². The Labute approximate surface area is 207 Å². The Morgan fingerprint density at radius 1 is 1.14 bits per heavy atom. The van der Waals surface area contributed by atoms with Gasteiger partial charge in [0.1, 0.15) is 17.0 Å². The van der Waals surface area contributed by atoms with E-state index >= 15 is 0 Å². The molecular formula is C25H31F3N4O4. The second-order valence-electron chi connectivity index (χ2n) is 10.3. The Balaban J connectivity index is 1.73. The van der Waals surface area contributed by atoms with Crippen molar-refractivity contribution in [3.05, 3.63) is 34.9 Å².